The Bertz CT molecular complexity index is 444. The van der Waals surface area contributed by atoms with Crippen LogP contribution < -0.4 is 5.73 Å². The van der Waals surface area contributed by atoms with Crippen molar-refractivity contribution in [3.63, 3.8) is 0 Å². The smallest absolute Gasteiger partial charge is 0.223 e. The molecule has 0 aliphatic carbocycles. The normalized spacial score (nSPS) is 18.5. The summed E-state index contributed by atoms with van der Waals surface area (Å²) in [7, 11) is 0. The molecule has 0 bridgehead atoms. The number of nitrogens with zero attached hydrogens (tertiary/aromatic N) is 1. The van der Waals surface area contributed by atoms with Crippen LogP contribution in [0.4, 0.5) is 0 Å². The number of rotatable bonds is 6. The van der Waals surface area contributed by atoms with Crippen molar-refractivity contribution in [2.45, 2.75) is 51.5 Å². The highest BCUT2D eigenvalue weighted by atomic mass is 16.2. The van der Waals surface area contributed by atoms with Crippen LogP contribution in [0.1, 0.15) is 55.7 Å². The molecule has 1 atom stereocenters. The molecule has 3 heteroatoms. The van der Waals surface area contributed by atoms with Gasteiger partial charge in [-0.3, -0.25) is 4.79 Å². The second-order valence-corrected chi connectivity index (χ2v) is 5.76. The standard InChI is InChI=1S/C17H26N2O/c1-14-7-5-8-15(13-14)16-9-6-12-19(16)17(20)10-3-2-4-11-18/h5,7-8,13,16H,2-4,6,9-12,18H2,1H3. The van der Waals surface area contributed by atoms with Gasteiger partial charge in [-0.05, 0) is 44.7 Å². The zero-order valence-corrected chi connectivity index (χ0v) is 12.5. The largest absolute Gasteiger partial charge is 0.336 e. The van der Waals surface area contributed by atoms with Gasteiger partial charge in [0.2, 0.25) is 5.91 Å². The molecule has 0 saturated carbocycles. The molecule has 3 nitrogen and oxygen atoms in total. The SMILES string of the molecule is Cc1cccc(C2CCCN2C(=O)CCCCCN)c1. The first kappa shape index (κ1) is 15.0. The second kappa shape index (κ2) is 7.44. The summed E-state index contributed by atoms with van der Waals surface area (Å²) in [4.78, 5) is 14.5. The predicted molar refractivity (Wildman–Crippen MR) is 82.4 cm³/mol. The van der Waals surface area contributed by atoms with Crippen molar-refractivity contribution in [2.75, 3.05) is 13.1 Å². The van der Waals surface area contributed by atoms with Crippen LogP contribution in [0.3, 0.4) is 0 Å². The van der Waals surface area contributed by atoms with Crippen molar-refractivity contribution < 1.29 is 4.79 Å². The van der Waals surface area contributed by atoms with Crippen LogP contribution in [-0.4, -0.2) is 23.9 Å². The van der Waals surface area contributed by atoms with E-state index in [1.807, 2.05) is 0 Å². The molecular formula is C17H26N2O. The van der Waals surface area contributed by atoms with Crippen molar-refractivity contribution in [3.8, 4) is 0 Å². The van der Waals surface area contributed by atoms with E-state index in [-0.39, 0.29) is 6.04 Å². The Morgan fingerprint density at radius 2 is 2.20 bits per heavy atom. The predicted octanol–water partition coefficient (Wildman–Crippen LogP) is 3.18. The Kier molecular flexibility index (Phi) is 5.60. The average molecular weight is 274 g/mol. The van der Waals surface area contributed by atoms with Crippen molar-refractivity contribution in [1.82, 2.24) is 4.90 Å². The van der Waals surface area contributed by atoms with Gasteiger partial charge in [0.05, 0.1) is 6.04 Å². The first-order chi connectivity index (χ1) is 9.72. The number of nitrogens with two attached hydrogens (primary N) is 1. The fourth-order valence-electron chi connectivity index (χ4n) is 3.03. The van der Waals surface area contributed by atoms with E-state index in [0.717, 1.165) is 45.2 Å². The maximum absolute atomic E-state index is 12.4. The fourth-order valence-corrected chi connectivity index (χ4v) is 3.03. The lowest BCUT2D eigenvalue weighted by Crippen LogP contribution is -2.30. The van der Waals surface area contributed by atoms with Crippen molar-refractivity contribution >= 4 is 5.91 Å². The lowest BCUT2D eigenvalue weighted by atomic mass is 10.0. The van der Waals surface area contributed by atoms with Gasteiger partial charge in [-0.2, -0.15) is 0 Å². The third-order valence-electron chi connectivity index (χ3n) is 4.09. The molecule has 1 aromatic rings. The number of hydrogen-bond acceptors (Lipinski definition) is 2. The number of aryl methyl sites for hydroxylation is 1. The van der Waals surface area contributed by atoms with Gasteiger partial charge in [0, 0.05) is 13.0 Å². The van der Waals surface area contributed by atoms with E-state index < -0.39 is 0 Å². The highest BCUT2D eigenvalue weighted by Gasteiger charge is 2.29. The molecule has 110 valence electrons. The number of benzene rings is 1. The van der Waals surface area contributed by atoms with Crippen molar-refractivity contribution in [2.24, 2.45) is 5.73 Å². The zero-order valence-electron chi connectivity index (χ0n) is 12.5. The first-order valence-corrected chi connectivity index (χ1v) is 7.78. The van der Waals surface area contributed by atoms with Crippen LogP contribution in [0, 0.1) is 6.92 Å². The molecule has 1 aliphatic heterocycles. The Labute approximate surface area is 122 Å². The van der Waals surface area contributed by atoms with Gasteiger partial charge >= 0.3 is 0 Å². The number of likely N-dealkylation sites (tertiary alicyclic amines) is 1. The minimum absolute atomic E-state index is 0.289. The van der Waals surface area contributed by atoms with Crippen LogP contribution >= 0.6 is 0 Å². The van der Waals surface area contributed by atoms with E-state index >= 15 is 0 Å². The highest BCUT2D eigenvalue weighted by Crippen LogP contribution is 2.32. The van der Waals surface area contributed by atoms with Gasteiger partial charge in [-0.15, -0.1) is 0 Å². The van der Waals surface area contributed by atoms with Crippen LogP contribution in [0.15, 0.2) is 24.3 Å². The minimum Gasteiger partial charge on any atom is -0.336 e. The molecule has 1 aromatic carbocycles. The summed E-state index contributed by atoms with van der Waals surface area (Å²) in [5.74, 6) is 0.311. The van der Waals surface area contributed by atoms with Gasteiger partial charge < -0.3 is 10.6 Å². The van der Waals surface area contributed by atoms with Gasteiger partial charge in [0.25, 0.3) is 0 Å². The fraction of sp³-hybridized carbons (Fsp3) is 0.588. The molecule has 1 heterocycles. The summed E-state index contributed by atoms with van der Waals surface area (Å²) in [5.41, 5.74) is 8.04. The Balaban J connectivity index is 1.95. The average Bonchev–Trinajstić information content (AvgIpc) is 2.93. The van der Waals surface area contributed by atoms with E-state index in [4.69, 9.17) is 5.73 Å². The van der Waals surface area contributed by atoms with Gasteiger partial charge in [0.1, 0.15) is 0 Å². The maximum atomic E-state index is 12.4. The van der Waals surface area contributed by atoms with E-state index in [9.17, 15) is 4.79 Å². The first-order valence-electron chi connectivity index (χ1n) is 7.78. The van der Waals surface area contributed by atoms with E-state index in [0.29, 0.717) is 12.3 Å². The van der Waals surface area contributed by atoms with Gasteiger partial charge in [-0.1, -0.05) is 36.2 Å². The molecule has 0 aromatic heterocycles. The maximum Gasteiger partial charge on any atom is 0.223 e. The zero-order chi connectivity index (χ0) is 14.4. The van der Waals surface area contributed by atoms with Crippen LogP contribution in [0.2, 0.25) is 0 Å². The van der Waals surface area contributed by atoms with Gasteiger partial charge in [0.15, 0.2) is 0 Å². The highest BCUT2D eigenvalue weighted by molar-refractivity contribution is 5.77. The quantitative estimate of drug-likeness (QED) is 0.810. The topological polar surface area (TPSA) is 46.3 Å². The molecule has 2 N–H and O–H groups in total. The number of unbranched alkanes of at least 4 members (excludes halogenated alkanes) is 2. The third-order valence-corrected chi connectivity index (χ3v) is 4.09. The van der Waals surface area contributed by atoms with Gasteiger partial charge in [-0.25, -0.2) is 0 Å². The molecule has 1 amide bonds. The molecule has 0 radical (unpaired) electrons. The van der Waals surface area contributed by atoms with Crippen LogP contribution in [-0.2, 0) is 4.79 Å². The summed E-state index contributed by atoms with van der Waals surface area (Å²) in [5, 5.41) is 0. The molecule has 2 rings (SSSR count). The summed E-state index contributed by atoms with van der Waals surface area (Å²) < 4.78 is 0. The number of amides is 1. The second-order valence-electron chi connectivity index (χ2n) is 5.76. The molecular weight excluding hydrogens is 248 g/mol. The molecule has 1 aliphatic rings. The summed E-state index contributed by atoms with van der Waals surface area (Å²) in [6, 6.07) is 8.85. The van der Waals surface area contributed by atoms with Crippen molar-refractivity contribution in [1.29, 1.82) is 0 Å². The number of carbonyl (C=O) groups excluding carboxylic acids is 1. The number of carbonyl (C=O) groups is 1. The van der Waals surface area contributed by atoms with E-state index in [2.05, 4.69) is 36.1 Å². The summed E-state index contributed by atoms with van der Waals surface area (Å²) in [6.07, 6.45) is 5.93. The van der Waals surface area contributed by atoms with E-state index in [1.54, 1.807) is 0 Å². The van der Waals surface area contributed by atoms with Crippen LogP contribution in [0.5, 0.6) is 0 Å². The lowest BCUT2D eigenvalue weighted by Gasteiger charge is -2.25. The minimum atomic E-state index is 0.289. The molecule has 20 heavy (non-hydrogen) atoms. The monoisotopic (exact) mass is 274 g/mol. The summed E-state index contributed by atoms with van der Waals surface area (Å²) >= 11 is 0. The molecule has 0 spiro atoms. The Morgan fingerprint density at radius 3 is 2.95 bits per heavy atom. The van der Waals surface area contributed by atoms with E-state index in [1.165, 1.54) is 11.1 Å². The summed E-state index contributed by atoms with van der Waals surface area (Å²) in [6.45, 7) is 3.75. The molecule has 1 saturated heterocycles. The van der Waals surface area contributed by atoms with Crippen LogP contribution in [0.25, 0.3) is 0 Å². The Morgan fingerprint density at radius 1 is 1.35 bits per heavy atom. The Hall–Kier alpha value is -1.35. The van der Waals surface area contributed by atoms with Crippen molar-refractivity contribution in [3.05, 3.63) is 35.4 Å². The molecule has 1 fully saturated rings. The lowest BCUT2D eigenvalue weighted by molar-refractivity contribution is -0.132. The number of hydrogen-bond donors (Lipinski definition) is 1. The third kappa shape index (κ3) is 3.83. The molecule has 1 unspecified atom stereocenters.